The fourth-order valence-corrected chi connectivity index (χ4v) is 5.70. The van der Waals surface area contributed by atoms with Gasteiger partial charge in [0.15, 0.2) is 11.5 Å². The number of aryl methyl sites for hydroxylation is 2. The van der Waals surface area contributed by atoms with Gasteiger partial charge in [0.05, 0.1) is 35.7 Å². The number of para-hydroxylation sites is 1. The van der Waals surface area contributed by atoms with Gasteiger partial charge in [-0.3, -0.25) is 9.48 Å². The summed E-state index contributed by atoms with van der Waals surface area (Å²) in [5.74, 6) is 1.40. The number of hydrogen-bond acceptors (Lipinski definition) is 7. The number of ether oxygens (including phenoxy) is 3. The largest absolute Gasteiger partial charge is 0.487 e. The number of benzene rings is 2. The highest BCUT2D eigenvalue weighted by atomic mass is 32.1. The molecule has 6 rings (SSSR count). The highest BCUT2D eigenvalue weighted by molar-refractivity contribution is 7.21. The predicted molar refractivity (Wildman–Crippen MR) is 138 cm³/mol. The molecule has 0 aliphatic carbocycles. The molecule has 2 aliphatic heterocycles. The molecule has 4 heterocycles. The molecule has 2 aromatic carbocycles. The Labute approximate surface area is 213 Å². The van der Waals surface area contributed by atoms with Crippen LogP contribution in [0.1, 0.15) is 23.4 Å². The fourth-order valence-electron chi connectivity index (χ4n) is 4.75. The van der Waals surface area contributed by atoms with Gasteiger partial charge in [-0.15, -0.1) is 11.3 Å². The van der Waals surface area contributed by atoms with Crippen molar-refractivity contribution in [2.75, 3.05) is 26.4 Å². The van der Waals surface area contributed by atoms with Gasteiger partial charge in [0.25, 0.3) is 0 Å². The van der Waals surface area contributed by atoms with Gasteiger partial charge in [-0.1, -0.05) is 12.1 Å². The average molecular weight is 505 g/mol. The topological polar surface area (TPSA) is 78.7 Å². The second-order valence-corrected chi connectivity index (χ2v) is 10.3. The summed E-state index contributed by atoms with van der Waals surface area (Å²) in [6.07, 6.45) is 0.822. The molecule has 0 N–H and O–H groups in total. The Morgan fingerprint density at radius 1 is 1.19 bits per heavy atom. The zero-order valence-electron chi connectivity index (χ0n) is 20.4. The summed E-state index contributed by atoms with van der Waals surface area (Å²) in [4.78, 5) is 20.0. The van der Waals surface area contributed by atoms with Crippen molar-refractivity contribution in [1.82, 2.24) is 19.7 Å². The van der Waals surface area contributed by atoms with Crippen molar-refractivity contribution >= 4 is 27.5 Å². The minimum atomic E-state index is -0.0182. The van der Waals surface area contributed by atoms with Crippen molar-refractivity contribution in [3.63, 3.8) is 0 Å². The maximum atomic E-state index is 13.3. The second kappa shape index (κ2) is 9.55. The van der Waals surface area contributed by atoms with E-state index in [0.29, 0.717) is 44.4 Å². The lowest BCUT2D eigenvalue weighted by Crippen LogP contribution is -2.35. The molecule has 36 heavy (non-hydrogen) atoms. The van der Waals surface area contributed by atoms with Crippen molar-refractivity contribution in [2.24, 2.45) is 0 Å². The normalized spacial score (nSPS) is 17.6. The van der Waals surface area contributed by atoms with Gasteiger partial charge in [0, 0.05) is 29.8 Å². The van der Waals surface area contributed by atoms with Crippen LogP contribution in [0.4, 0.5) is 0 Å². The Morgan fingerprint density at radius 3 is 2.86 bits per heavy atom. The third-order valence-corrected chi connectivity index (χ3v) is 7.65. The molecule has 9 heteroatoms. The molecule has 1 saturated heterocycles. The van der Waals surface area contributed by atoms with Crippen LogP contribution in [0.25, 0.3) is 20.8 Å². The van der Waals surface area contributed by atoms with Gasteiger partial charge in [-0.05, 0) is 44.2 Å². The first-order valence-electron chi connectivity index (χ1n) is 12.2. The van der Waals surface area contributed by atoms with E-state index in [4.69, 9.17) is 19.2 Å². The molecule has 186 valence electrons. The first kappa shape index (κ1) is 23.0. The molecule has 0 bridgehead atoms. The van der Waals surface area contributed by atoms with Crippen LogP contribution in [0.15, 0.2) is 42.5 Å². The Balaban J connectivity index is 1.35. The summed E-state index contributed by atoms with van der Waals surface area (Å²) in [5, 5.41) is 5.37. The number of hydrogen-bond donors (Lipinski definition) is 0. The van der Waals surface area contributed by atoms with Crippen LogP contribution in [0.2, 0.25) is 0 Å². The number of carbonyl (C=O) groups excluding carboxylic acids is 1. The molecule has 8 nitrogen and oxygen atoms in total. The molecule has 0 spiro atoms. The Morgan fingerprint density at radius 2 is 2.08 bits per heavy atom. The molecular weight excluding hydrogens is 476 g/mol. The summed E-state index contributed by atoms with van der Waals surface area (Å²) >= 11 is 1.65. The van der Waals surface area contributed by atoms with E-state index in [1.807, 2.05) is 49.1 Å². The summed E-state index contributed by atoms with van der Waals surface area (Å²) in [5.41, 5.74) is 4.72. The molecule has 4 aromatic rings. The lowest BCUT2D eigenvalue weighted by molar-refractivity contribution is -0.132. The van der Waals surface area contributed by atoms with E-state index in [1.165, 1.54) is 0 Å². The Kier molecular flexibility index (Phi) is 6.10. The highest BCUT2D eigenvalue weighted by Gasteiger charge is 2.27. The van der Waals surface area contributed by atoms with Crippen LogP contribution in [-0.4, -0.2) is 58.0 Å². The molecular formula is C27H28N4O4S. The summed E-state index contributed by atoms with van der Waals surface area (Å²) in [6.45, 7) is 6.69. The van der Waals surface area contributed by atoms with Gasteiger partial charge in [-0.25, -0.2) is 4.98 Å². The average Bonchev–Trinajstić information content (AvgIpc) is 3.56. The van der Waals surface area contributed by atoms with E-state index >= 15 is 0 Å². The quantitative estimate of drug-likeness (QED) is 0.402. The first-order chi connectivity index (χ1) is 17.5. The molecule has 0 radical (unpaired) electrons. The van der Waals surface area contributed by atoms with Crippen molar-refractivity contribution in [1.29, 1.82) is 0 Å². The number of aromatic nitrogens is 3. The lowest BCUT2D eigenvalue weighted by atomic mass is 10.1. The van der Waals surface area contributed by atoms with Gasteiger partial charge >= 0.3 is 0 Å². The van der Waals surface area contributed by atoms with E-state index in [2.05, 4.69) is 17.2 Å². The maximum Gasteiger partial charge on any atom is 0.244 e. The minimum Gasteiger partial charge on any atom is -0.487 e. The SMILES string of the molecule is Cc1cc(C)n(CC(=O)N2CCOc3c(cc(-c4nc5ccccc5s4)cc3O[C@@H]3CCOC3)C2)n1. The maximum absolute atomic E-state index is 13.3. The molecule has 0 saturated carbocycles. The minimum absolute atomic E-state index is 0.00898. The number of rotatable bonds is 5. The zero-order chi connectivity index (χ0) is 24.6. The smallest absolute Gasteiger partial charge is 0.244 e. The van der Waals surface area contributed by atoms with Crippen molar-refractivity contribution in [3.8, 4) is 22.1 Å². The van der Waals surface area contributed by atoms with E-state index in [-0.39, 0.29) is 18.6 Å². The van der Waals surface area contributed by atoms with Crippen LogP contribution < -0.4 is 9.47 Å². The molecule has 1 amide bonds. The van der Waals surface area contributed by atoms with Crippen LogP contribution in [-0.2, 0) is 22.6 Å². The number of carbonyl (C=O) groups is 1. The summed E-state index contributed by atoms with van der Waals surface area (Å²) < 4.78 is 21.0. The van der Waals surface area contributed by atoms with Gasteiger partial charge in [0.1, 0.15) is 24.3 Å². The number of fused-ring (bicyclic) bond motifs is 2. The van der Waals surface area contributed by atoms with E-state index in [0.717, 1.165) is 44.2 Å². The molecule has 2 aromatic heterocycles. The molecule has 1 atom stereocenters. The monoisotopic (exact) mass is 504 g/mol. The van der Waals surface area contributed by atoms with Gasteiger partial charge < -0.3 is 19.1 Å². The lowest BCUT2D eigenvalue weighted by Gasteiger charge is -2.21. The van der Waals surface area contributed by atoms with Gasteiger partial charge in [-0.2, -0.15) is 5.10 Å². The van der Waals surface area contributed by atoms with Crippen LogP contribution >= 0.6 is 11.3 Å². The van der Waals surface area contributed by atoms with Crippen molar-refractivity contribution < 1.29 is 19.0 Å². The Bertz CT molecular complexity index is 1390. The Hall–Kier alpha value is -3.43. The fraction of sp³-hybridized carbons (Fsp3) is 0.370. The third kappa shape index (κ3) is 4.56. The molecule has 2 aliphatic rings. The molecule has 0 unspecified atom stereocenters. The number of thiazole rings is 1. The van der Waals surface area contributed by atoms with Crippen molar-refractivity contribution in [3.05, 3.63) is 59.4 Å². The van der Waals surface area contributed by atoms with Crippen LogP contribution in [0.3, 0.4) is 0 Å². The summed E-state index contributed by atoms with van der Waals surface area (Å²) in [6, 6.07) is 14.2. The predicted octanol–water partition coefficient (Wildman–Crippen LogP) is 4.37. The first-order valence-corrected chi connectivity index (χ1v) is 13.0. The van der Waals surface area contributed by atoms with Crippen LogP contribution in [0.5, 0.6) is 11.5 Å². The standard InChI is InChI=1S/C27H28N4O4S/c1-17-11-18(2)31(29-17)15-25(32)30-8-10-34-26-20(14-30)12-19(13-23(26)35-21-7-9-33-16-21)27-28-22-5-3-4-6-24(22)36-27/h3-6,11-13,21H,7-10,14-16H2,1-2H3/t21-/m1/s1. The van der Waals surface area contributed by atoms with Crippen molar-refractivity contribution in [2.45, 2.75) is 39.5 Å². The number of nitrogens with zero attached hydrogens (tertiary/aromatic N) is 4. The third-order valence-electron chi connectivity index (χ3n) is 6.56. The van der Waals surface area contributed by atoms with E-state index < -0.39 is 0 Å². The second-order valence-electron chi connectivity index (χ2n) is 9.30. The highest BCUT2D eigenvalue weighted by Crippen LogP contribution is 2.41. The molecule has 1 fully saturated rings. The van der Waals surface area contributed by atoms with Gasteiger partial charge in [0.2, 0.25) is 5.91 Å². The van der Waals surface area contributed by atoms with Crippen LogP contribution in [0, 0.1) is 13.8 Å². The summed E-state index contributed by atoms with van der Waals surface area (Å²) in [7, 11) is 0. The zero-order valence-corrected chi connectivity index (χ0v) is 21.2. The number of amides is 1. The van der Waals surface area contributed by atoms with E-state index in [1.54, 1.807) is 16.0 Å². The van der Waals surface area contributed by atoms with E-state index in [9.17, 15) is 4.79 Å².